The van der Waals surface area contributed by atoms with Crippen molar-refractivity contribution in [2.75, 3.05) is 26.4 Å². The monoisotopic (exact) mass is 382 g/mol. The van der Waals surface area contributed by atoms with Crippen LogP contribution >= 0.6 is 0 Å². The fourth-order valence-electron chi connectivity index (χ4n) is 2.67. The van der Waals surface area contributed by atoms with Crippen LogP contribution in [0.3, 0.4) is 0 Å². The van der Waals surface area contributed by atoms with Crippen LogP contribution < -0.4 is 0 Å². The summed E-state index contributed by atoms with van der Waals surface area (Å²) >= 11 is 0. The molecule has 0 N–H and O–H groups in total. The number of rotatable bonds is 9. The van der Waals surface area contributed by atoms with Crippen molar-refractivity contribution in [2.45, 2.75) is 40.5 Å². The largest absolute Gasteiger partial charge is 0.465 e. The van der Waals surface area contributed by atoms with E-state index in [-0.39, 0.29) is 38.4 Å². The van der Waals surface area contributed by atoms with Gasteiger partial charge in [0.15, 0.2) is 5.92 Å². The van der Waals surface area contributed by atoms with Gasteiger partial charge >= 0.3 is 23.9 Å². The van der Waals surface area contributed by atoms with Crippen molar-refractivity contribution < 1.29 is 38.1 Å². The Morgan fingerprint density at radius 2 is 1.22 bits per heavy atom. The van der Waals surface area contributed by atoms with E-state index < -0.39 is 29.8 Å². The van der Waals surface area contributed by atoms with Crippen LogP contribution in [0.15, 0.2) is 22.8 Å². The summed E-state index contributed by atoms with van der Waals surface area (Å²) in [6.45, 7) is 6.93. The normalized spacial score (nSPS) is 13.1. The zero-order valence-electron chi connectivity index (χ0n) is 16.2. The van der Waals surface area contributed by atoms with Crippen LogP contribution in [0, 0.1) is 5.92 Å². The molecule has 0 unspecified atom stereocenters. The van der Waals surface area contributed by atoms with Gasteiger partial charge in [0.1, 0.15) is 5.57 Å². The summed E-state index contributed by atoms with van der Waals surface area (Å²) in [5, 5.41) is 0. The van der Waals surface area contributed by atoms with Gasteiger partial charge in [0.25, 0.3) is 0 Å². The lowest BCUT2D eigenvalue weighted by Crippen LogP contribution is -2.29. The summed E-state index contributed by atoms with van der Waals surface area (Å²) in [4.78, 5) is 48.9. The maximum absolute atomic E-state index is 12.2. The quantitative estimate of drug-likeness (QED) is 0.196. The number of hydrogen-bond acceptors (Lipinski definition) is 8. The lowest BCUT2D eigenvalue weighted by atomic mass is 9.99. The molecular weight excluding hydrogens is 356 g/mol. The van der Waals surface area contributed by atoms with Crippen molar-refractivity contribution in [3.05, 3.63) is 22.8 Å². The SMILES string of the molecule is CCOC(=O)C(C(=O)OCC)=C1C=C(C(C(=O)OCC)C(=O)OCC)CC1. The third-order valence-corrected chi connectivity index (χ3v) is 3.74. The highest BCUT2D eigenvalue weighted by Gasteiger charge is 2.36. The topological polar surface area (TPSA) is 105 Å². The van der Waals surface area contributed by atoms with Crippen molar-refractivity contribution >= 4 is 23.9 Å². The van der Waals surface area contributed by atoms with Crippen LogP contribution in [0.2, 0.25) is 0 Å². The van der Waals surface area contributed by atoms with Crippen molar-refractivity contribution in [1.82, 2.24) is 0 Å². The summed E-state index contributed by atoms with van der Waals surface area (Å²) < 4.78 is 19.8. The van der Waals surface area contributed by atoms with E-state index in [1.807, 2.05) is 0 Å². The molecular formula is C19H26O8. The molecule has 0 aromatic carbocycles. The van der Waals surface area contributed by atoms with Gasteiger partial charge in [-0.1, -0.05) is 6.08 Å². The Balaban J connectivity index is 3.31. The van der Waals surface area contributed by atoms with Gasteiger partial charge in [-0.15, -0.1) is 0 Å². The molecule has 1 rings (SSSR count). The second-order valence-electron chi connectivity index (χ2n) is 5.50. The Hall–Kier alpha value is -2.64. The highest BCUT2D eigenvalue weighted by molar-refractivity contribution is 6.15. The number of ether oxygens (including phenoxy) is 4. The summed E-state index contributed by atoms with van der Waals surface area (Å²) in [7, 11) is 0. The Bertz CT molecular complexity index is 606. The molecule has 0 fully saturated rings. The van der Waals surface area contributed by atoms with Gasteiger partial charge in [0, 0.05) is 0 Å². The second kappa shape index (κ2) is 11.2. The van der Waals surface area contributed by atoms with Gasteiger partial charge in [-0.25, -0.2) is 9.59 Å². The van der Waals surface area contributed by atoms with E-state index in [4.69, 9.17) is 18.9 Å². The minimum atomic E-state index is -1.23. The molecule has 0 spiro atoms. The highest BCUT2D eigenvalue weighted by Crippen LogP contribution is 2.33. The zero-order valence-corrected chi connectivity index (χ0v) is 16.2. The molecule has 0 saturated heterocycles. The van der Waals surface area contributed by atoms with Gasteiger partial charge in [-0.05, 0) is 51.7 Å². The van der Waals surface area contributed by atoms with E-state index in [1.165, 1.54) is 6.08 Å². The molecule has 0 aromatic heterocycles. The maximum atomic E-state index is 12.2. The first kappa shape index (κ1) is 22.4. The standard InChI is InChI=1S/C19H26O8/c1-5-24-16(20)14(17(21)25-6-2)12-9-10-13(11-12)15(18(22)26-7-3)19(23)27-8-4/h11,14H,5-10H2,1-4H3. The van der Waals surface area contributed by atoms with Crippen LogP contribution in [0.4, 0.5) is 0 Å². The molecule has 150 valence electrons. The lowest BCUT2D eigenvalue weighted by Gasteiger charge is -2.15. The van der Waals surface area contributed by atoms with E-state index >= 15 is 0 Å². The van der Waals surface area contributed by atoms with Gasteiger partial charge in [-0.3, -0.25) is 9.59 Å². The predicted octanol–water partition coefficient (Wildman–Crippen LogP) is 1.87. The number of esters is 4. The van der Waals surface area contributed by atoms with Crippen LogP contribution in [-0.4, -0.2) is 50.3 Å². The Morgan fingerprint density at radius 3 is 1.63 bits per heavy atom. The third kappa shape index (κ3) is 5.94. The number of hydrogen-bond donors (Lipinski definition) is 0. The van der Waals surface area contributed by atoms with Crippen molar-refractivity contribution in [3.63, 3.8) is 0 Å². The summed E-state index contributed by atoms with van der Waals surface area (Å²) in [5.41, 5.74) is 0.564. The molecule has 1 aliphatic carbocycles. The molecule has 0 aliphatic heterocycles. The van der Waals surface area contributed by atoms with Gasteiger partial charge in [0.2, 0.25) is 0 Å². The average molecular weight is 382 g/mol. The first-order chi connectivity index (χ1) is 12.9. The first-order valence-corrected chi connectivity index (χ1v) is 9.02. The molecule has 0 saturated carbocycles. The van der Waals surface area contributed by atoms with Crippen LogP contribution in [0.5, 0.6) is 0 Å². The van der Waals surface area contributed by atoms with Crippen molar-refractivity contribution in [3.8, 4) is 0 Å². The highest BCUT2D eigenvalue weighted by atomic mass is 16.6. The zero-order chi connectivity index (χ0) is 20.4. The van der Waals surface area contributed by atoms with Crippen LogP contribution in [0.25, 0.3) is 0 Å². The predicted molar refractivity (Wildman–Crippen MR) is 94.4 cm³/mol. The molecule has 8 nitrogen and oxygen atoms in total. The Morgan fingerprint density at radius 1 is 0.778 bits per heavy atom. The van der Waals surface area contributed by atoms with Gasteiger partial charge in [0.05, 0.1) is 26.4 Å². The molecule has 27 heavy (non-hydrogen) atoms. The van der Waals surface area contributed by atoms with Gasteiger partial charge in [-0.2, -0.15) is 0 Å². The third-order valence-electron chi connectivity index (χ3n) is 3.74. The van der Waals surface area contributed by atoms with E-state index in [0.717, 1.165) is 0 Å². The molecule has 0 heterocycles. The smallest absolute Gasteiger partial charge is 0.345 e. The second-order valence-corrected chi connectivity index (χ2v) is 5.50. The molecule has 8 heteroatoms. The molecule has 0 aromatic rings. The van der Waals surface area contributed by atoms with Gasteiger partial charge < -0.3 is 18.9 Å². The minimum absolute atomic E-state index is 0.0971. The number of carbonyl (C=O) groups is 4. The van der Waals surface area contributed by atoms with E-state index in [9.17, 15) is 19.2 Å². The summed E-state index contributed by atoms with van der Waals surface area (Å²) in [6, 6.07) is 0. The minimum Gasteiger partial charge on any atom is -0.465 e. The van der Waals surface area contributed by atoms with Crippen molar-refractivity contribution in [1.29, 1.82) is 0 Å². The molecule has 0 bridgehead atoms. The first-order valence-electron chi connectivity index (χ1n) is 9.02. The van der Waals surface area contributed by atoms with Crippen LogP contribution in [0.1, 0.15) is 40.5 Å². The molecule has 0 amide bonds. The Kier molecular flexibility index (Phi) is 9.25. The summed E-state index contributed by atoms with van der Waals surface area (Å²) in [5.74, 6) is -4.28. The average Bonchev–Trinajstić information content (AvgIpc) is 3.05. The molecule has 0 atom stereocenters. The van der Waals surface area contributed by atoms with Crippen molar-refractivity contribution in [2.24, 2.45) is 5.92 Å². The van der Waals surface area contributed by atoms with Crippen LogP contribution in [-0.2, 0) is 38.1 Å². The maximum Gasteiger partial charge on any atom is 0.345 e. The Labute approximate surface area is 158 Å². The van der Waals surface area contributed by atoms with E-state index in [2.05, 4.69) is 0 Å². The number of allylic oxidation sites excluding steroid dienone is 2. The lowest BCUT2D eigenvalue weighted by molar-refractivity contribution is -0.159. The van der Waals surface area contributed by atoms with E-state index in [1.54, 1.807) is 27.7 Å². The fourth-order valence-corrected chi connectivity index (χ4v) is 2.67. The summed E-state index contributed by atoms with van der Waals surface area (Å²) in [6.07, 6.45) is 2.08. The number of carbonyl (C=O) groups excluding carboxylic acids is 4. The molecule has 1 aliphatic rings. The fraction of sp³-hybridized carbons (Fsp3) is 0.579. The molecule has 0 radical (unpaired) electrons. The van der Waals surface area contributed by atoms with E-state index in [0.29, 0.717) is 17.6 Å².